The van der Waals surface area contributed by atoms with E-state index in [1.165, 1.54) is 0 Å². The molecule has 0 aliphatic heterocycles. The summed E-state index contributed by atoms with van der Waals surface area (Å²) in [6.07, 6.45) is 0. The van der Waals surface area contributed by atoms with E-state index in [0.29, 0.717) is 5.75 Å². The van der Waals surface area contributed by atoms with Crippen molar-refractivity contribution in [3.05, 3.63) is 54.1 Å². The molecule has 0 spiro atoms. The predicted octanol–water partition coefficient (Wildman–Crippen LogP) is 4.48. The van der Waals surface area contributed by atoms with E-state index in [1.807, 2.05) is 36.4 Å². The average molecular weight is 242 g/mol. The Labute approximate surface area is 108 Å². The first kappa shape index (κ1) is 12.5. The third-order valence-corrected chi connectivity index (χ3v) is 2.75. The first-order valence-corrected chi connectivity index (χ1v) is 6.03. The molecule has 94 valence electrons. The summed E-state index contributed by atoms with van der Waals surface area (Å²) in [6, 6.07) is 15.0. The van der Waals surface area contributed by atoms with E-state index in [9.17, 15) is 5.11 Å². The Bertz CT molecular complexity index is 525. The van der Waals surface area contributed by atoms with Gasteiger partial charge in [-0.1, -0.05) is 39.0 Å². The molecule has 0 atom stereocenters. The highest BCUT2D eigenvalue weighted by molar-refractivity contribution is 5.44. The Balaban J connectivity index is 2.31. The lowest BCUT2D eigenvalue weighted by molar-refractivity contribution is 0.438. The summed E-state index contributed by atoms with van der Waals surface area (Å²) in [5.41, 5.74) is 0.774. The minimum atomic E-state index is -0.111. The van der Waals surface area contributed by atoms with E-state index < -0.39 is 0 Å². The summed E-state index contributed by atoms with van der Waals surface area (Å²) in [5, 5.41) is 9.88. The molecule has 0 aliphatic carbocycles. The molecular formula is C16H18O2. The number of phenols is 1. The van der Waals surface area contributed by atoms with Crippen LogP contribution in [0.15, 0.2) is 48.5 Å². The van der Waals surface area contributed by atoms with Crippen molar-refractivity contribution in [1.82, 2.24) is 0 Å². The van der Waals surface area contributed by atoms with Crippen LogP contribution in [0.3, 0.4) is 0 Å². The van der Waals surface area contributed by atoms with E-state index in [4.69, 9.17) is 4.74 Å². The lowest BCUT2D eigenvalue weighted by Crippen LogP contribution is -2.11. The van der Waals surface area contributed by atoms with Gasteiger partial charge in [-0.2, -0.15) is 0 Å². The number of hydrogen-bond donors (Lipinski definition) is 1. The Morgan fingerprint density at radius 2 is 1.56 bits per heavy atom. The van der Waals surface area contributed by atoms with Crippen molar-refractivity contribution in [2.45, 2.75) is 26.2 Å². The van der Waals surface area contributed by atoms with Crippen LogP contribution in [0.25, 0.3) is 0 Å². The van der Waals surface area contributed by atoms with Gasteiger partial charge in [0.25, 0.3) is 0 Å². The number of hydrogen-bond acceptors (Lipinski definition) is 2. The number of ether oxygens (including phenoxy) is 1. The van der Waals surface area contributed by atoms with Gasteiger partial charge in [0.05, 0.1) is 0 Å². The zero-order chi connectivity index (χ0) is 13.2. The van der Waals surface area contributed by atoms with Gasteiger partial charge in [-0.3, -0.25) is 0 Å². The quantitative estimate of drug-likeness (QED) is 0.841. The smallest absolute Gasteiger partial charge is 0.127 e. The van der Waals surface area contributed by atoms with Crippen LogP contribution in [0.5, 0.6) is 17.2 Å². The van der Waals surface area contributed by atoms with Gasteiger partial charge in [0.15, 0.2) is 0 Å². The Morgan fingerprint density at radius 3 is 2.17 bits per heavy atom. The number of benzene rings is 2. The van der Waals surface area contributed by atoms with Crippen LogP contribution >= 0.6 is 0 Å². The van der Waals surface area contributed by atoms with Crippen molar-refractivity contribution in [2.75, 3.05) is 0 Å². The van der Waals surface area contributed by atoms with E-state index in [1.54, 1.807) is 12.1 Å². The van der Waals surface area contributed by atoms with Gasteiger partial charge < -0.3 is 9.84 Å². The second-order valence-corrected chi connectivity index (χ2v) is 5.34. The molecule has 0 aliphatic rings. The monoisotopic (exact) mass is 242 g/mol. The van der Waals surface area contributed by atoms with Crippen LogP contribution < -0.4 is 4.74 Å². The lowest BCUT2D eigenvalue weighted by Gasteiger charge is -2.21. The molecule has 2 nitrogen and oxygen atoms in total. The summed E-state index contributed by atoms with van der Waals surface area (Å²) < 4.78 is 5.76. The summed E-state index contributed by atoms with van der Waals surface area (Å²) in [7, 11) is 0. The number of aromatic hydroxyl groups is 1. The van der Waals surface area contributed by atoms with E-state index >= 15 is 0 Å². The molecule has 0 saturated heterocycles. The minimum Gasteiger partial charge on any atom is -0.508 e. The van der Waals surface area contributed by atoms with E-state index in [2.05, 4.69) is 20.8 Å². The van der Waals surface area contributed by atoms with Gasteiger partial charge in [0, 0.05) is 5.56 Å². The predicted molar refractivity (Wildman–Crippen MR) is 73.3 cm³/mol. The van der Waals surface area contributed by atoms with Crippen LogP contribution in [0.4, 0.5) is 0 Å². The topological polar surface area (TPSA) is 29.5 Å². The van der Waals surface area contributed by atoms with Crippen LogP contribution in [-0.4, -0.2) is 5.11 Å². The van der Waals surface area contributed by atoms with Crippen LogP contribution in [0, 0.1) is 0 Å². The normalized spacial score (nSPS) is 11.3. The largest absolute Gasteiger partial charge is 0.508 e. The average Bonchev–Trinajstić information content (AvgIpc) is 2.31. The van der Waals surface area contributed by atoms with Crippen molar-refractivity contribution in [3.63, 3.8) is 0 Å². The van der Waals surface area contributed by atoms with Gasteiger partial charge in [0.1, 0.15) is 17.2 Å². The highest BCUT2D eigenvalue weighted by atomic mass is 16.5. The van der Waals surface area contributed by atoms with E-state index in [-0.39, 0.29) is 5.41 Å². The number of phenolic OH excluding ortho intramolecular Hbond substituents is 1. The fraction of sp³-hybridized carbons (Fsp3) is 0.250. The van der Waals surface area contributed by atoms with Gasteiger partial charge in [-0.25, -0.2) is 0 Å². The second kappa shape index (κ2) is 4.73. The lowest BCUT2D eigenvalue weighted by atomic mass is 9.86. The molecule has 0 bridgehead atoms. The van der Waals surface area contributed by atoms with Gasteiger partial charge in [-0.15, -0.1) is 0 Å². The first-order chi connectivity index (χ1) is 8.47. The standard InChI is InChI=1S/C16H18O2/c1-16(2,3)14-11-13(9-10-15(14)17)18-12-7-5-4-6-8-12/h4-11,17H,1-3H3. The van der Waals surface area contributed by atoms with Crippen LogP contribution in [0.2, 0.25) is 0 Å². The Kier molecular flexibility index (Phi) is 3.28. The van der Waals surface area contributed by atoms with Crippen molar-refractivity contribution in [2.24, 2.45) is 0 Å². The van der Waals surface area contributed by atoms with Gasteiger partial charge in [0.2, 0.25) is 0 Å². The zero-order valence-corrected chi connectivity index (χ0v) is 11.0. The molecule has 0 fully saturated rings. The fourth-order valence-electron chi connectivity index (χ4n) is 1.80. The van der Waals surface area contributed by atoms with Crippen molar-refractivity contribution in [3.8, 4) is 17.2 Å². The first-order valence-electron chi connectivity index (χ1n) is 6.03. The third-order valence-electron chi connectivity index (χ3n) is 2.75. The molecule has 2 rings (SSSR count). The minimum absolute atomic E-state index is 0.111. The number of para-hydroxylation sites is 1. The maximum Gasteiger partial charge on any atom is 0.127 e. The molecule has 0 amide bonds. The van der Waals surface area contributed by atoms with Crippen molar-refractivity contribution in [1.29, 1.82) is 0 Å². The van der Waals surface area contributed by atoms with Crippen molar-refractivity contribution < 1.29 is 9.84 Å². The fourth-order valence-corrected chi connectivity index (χ4v) is 1.80. The summed E-state index contributed by atoms with van der Waals surface area (Å²) in [6.45, 7) is 6.19. The molecule has 2 heteroatoms. The molecule has 0 radical (unpaired) electrons. The summed E-state index contributed by atoms with van der Waals surface area (Å²) in [5.74, 6) is 1.84. The van der Waals surface area contributed by atoms with Crippen LogP contribution in [0.1, 0.15) is 26.3 Å². The maximum atomic E-state index is 9.88. The molecule has 18 heavy (non-hydrogen) atoms. The highest BCUT2D eigenvalue weighted by Crippen LogP contribution is 2.34. The highest BCUT2D eigenvalue weighted by Gasteiger charge is 2.18. The molecule has 0 saturated carbocycles. The maximum absolute atomic E-state index is 9.88. The third kappa shape index (κ3) is 2.83. The van der Waals surface area contributed by atoms with Crippen LogP contribution in [-0.2, 0) is 5.41 Å². The Hall–Kier alpha value is -1.96. The SMILES string of the molecule is CC(C)(C)c1cc(Oc2ccccc2)ccc1O. The second-order valence-electron chi connectivity index (χ2n) is 5.34. The molecule has 0 heterocycles. The van der Waals surface area contributed by atoms with E-state index in [0.717, 1.165) is 17.1 Å². The summed E-state index contributed by atoms with van der Waals surface area (Å²) >= 11 is 0. The molecular weight excluding hydrogens is 224 g/mol. The zero-order valence-electron chi connectivity index (χ0n) is 11.0. The molecule has 0 unspecified atom stereocenters. The van der Waals surface area contributed by atoms with Crippen molar-refractivity contribution >= 4 is 0 Å². The Morgan fingerprint density at radius 1 is 0.889 bits per heavy atom. The van der Waals surface area contributed by atoms with Gasteiger partial charge >= 0.3 is 0 Å². The molecule has 1 N–H and O–H groups in total. The van der Waals surface area contributed by atoms with Gasteiger partial charge in [-0.05, 0) is 35.7 Å². The summed E-state index contributed by atoms with van der Waals surface area (Å²) in [4.78, 5) is 0. The molecule has 2 aromatic carbocycles. The number of rotatable bonds is 2. The molecule has 0 aromatic heterocycles. The molecule has 2 aromatic rings.